The maximum absolute atomic E-state index is 12.3. The fourth-order valence-corrected chi connectivity index (χ4v) is 1.98. The number of aromatic nitrogens is 1. The normalized spacial score (nSPS) is 12.0. The molecule has 2 aromatic rings. The number of halogens is 4. The van der Waals surface area contributed by atoms with E-state index in [-0.39, 0.29) is 16.3 Å². The molecule has 0 spiro atoms. The van der Waals surface area contributed by atoms with Gasteiger partial charge < -0.3 is 4.57 Å². The van der Waals surface area contributed by atoms with E-state index in [0.717, 1.165) is 16.8 Å². The molecule has 0 amide bonds. The van der Waals surface area contributed by atoms with Crippen molar-refractivity contribution in [3.05, 3.63) is 45.2 Å². The highest BCUT2D eigenvalue weighted by Gasteiger charge is 2.28. The van der Waals surface area contributed by atoms with Crippen LogP contribution >= 0.6 is 15.9 Å². The Morgan fingerprint density at radius 3 is 2.59 bits per heavy atom. The van der Waals surface area contributed by atoms with E-state index in [1.807, 2.05) is 0 Å². The average molecular weight is 306 g/mol. The Morgan fingerprint density at radius 2 is 1.94 bits per heavy atom. The summed E-state index contributed by atoms with van der Waals surface area (Å²) < 4.78 is 38.7. The van der Waals surface area contributed by atoms with Crippen LogP contribution in [0.1, 0.15) is 0 Å². The Kier molecular flexibility index (Phi) is 2.99. The van der Waals surface area contributed by atoms with Crippen molar-refractivity contribution in [1.82, 2.24) is 4.57 Å². The van der Waals surface area contributed by atoms with E-state index in [1.165, 1.54) is 12.1 Å². The molecule has 0 bridgehead atoms. The van der Waals surface area contributed by atoms with Crippen LogP contribution in [0.5, 0.6) is 0 Å². The number of pyridine rings is 1. The third-order valence-corrected chi connectivity index (χ3v) is 2.78. The number of hydrogen-bond donors (Lipinski definition) is 0. The smallest absolute Gasteiger partial charge is 0.338 e. The number of alkyl halides is 3. The van der Waals surface area contributed by atoms with Gasteiger partial charge in [-0.25, -0.2) is 0 Å². The second kappa shape index (κ2) is 4.18. The Balaban J connectivity index is 2.66. The predicted octanol–water partition coefficient (Wildman–Crippen LogP) is 3.33. The molecule has 0 saturated carbocycles. The van der Waals surface area contributed by atoms with Crippen molar-refractivity contribution in [2.45, 2.75) is 12.7 Å². The highest BCUT2D eigenvalue weighted by atomic mass is 79.9. The summed E-state index contributed by atoms with van der Waals surface area (Å²) in [6.07, 6.45) is -3.15. The van der Waals surface area contributed by atoms with E-state index in [0.29, 0.717) is 4.47 Å². The lowest BCUT2D eigenvalue weighted by Gasteiger charge is -2.13. The lowest BCUT2D eigenvalue weighted by Crippen LogP contribution is -2.19. The molecule has 6 heteroatoms. The van der Waals surface area contributed by atoms with Crippen molar-refractivity contribution in [3.63, 3.8) is 0 Å². The number of benzene rings is 1. The van der Waals surface area contributed by atoms with Gasteiger partial charge in [0, 0.05) is 22.1 Å². The van der Waals surface area contributed by atoms with E-state index < -0.39 is 12.7 Å². The maximum atomic E-state index is 12.3. The number of fused-ring (bicyclic) bond motifs is 1. The minimum atomic E-state index is -4.31. The monoisotopic (exact) mass is 305 g/mol. The molecule has 0 unspecified atom stereocenters. The first kappa shape index (κ1) is 12.2. The van der Waals surface area contributed by atoms with Crippen LogP contribution in [0.3, 0.4) is 0 Å². The maximum Gasteiger partial charge on any atom is 0.406 e. The van der Waals surface area contributed by atoms with Crippen LogP contribution in [0.25, 0.3) is 10.9 Å². The van der Waals surface area contributed by atoms with Gasteiger partial charge in [0.2, 0.25) is 0 Å². The van der Waals surface area contributed by atoms with Crippen LogP contribution in [0.15, 0.2) is 39.7 Å². The van der Waals surface area contributed by atoms with Crippen molar-refractivity contribution in [2.24, 2.45) is 0 Å². The number of hydrogen-bond acceptors (Lipinski definition) is 1. The Bertz CT molecular complexity index is 618. The van der Waals surface area contributed by atoms with E-state index in [9.17, 15) is 18.0 Å². The zero-order valence-corrected chi connectivity index (χ0v) is 10.0. The summed E-state index contributed by atoms with van der Waals surface area (Å²) in [5.41, 5.74) is -0.0160. The molecule has 0 aliphatic rings. The quantitative estimate of drug-likeness (QED) is 0.792. The van der Waals surface area contributed by atoms with E-state index >= 15 is 0 Å². The first-order valence-corrected chi connectivity index (χ1v) is 5.51. The van der Waals surface area contributed by atoms with E-state index in [2.05, 4.69) is 15.9 Å². The highest BCUT2D eigenvalue weighted by molar-refractivity contribution is 9.10. The van der Waals surface area contributed by atoms with Crippen molar-refractivity contribution in [1.29, 1.82) is 0 Å². The average Bonchev–Trinajstić information content (AvgIpc) is 2.21. The minimum Gasteiger partial charge on any atom is -0.338 e. The summed E-state index contributed by atoms with van der Waals surface area (Å²) >= 11 is 3.18. The second-order valence-electron chi connectivity index (χ2n) is 3.58. The molecule has 0 aliphatic carbocycles. The molecule has 0 saturated heterocycles. The molecule has 1 aromatic heterocycles. The zero-order valence-electron chi connectivity index (χ0n) is 8.46. The van der Waals surface area contributed by atoms with Crippen LogP contribution < -0.4 is 5.43 Å². The topological polar surface area (TPSA) is 22.0 Å². The van der Waals surface area contributed by atoms with Crippen molar-refractivity contribution >= 4 is 26.8 Å². The Morgan fingerprint density at radius 1 is 1.24 bits per heavy atom. The fraction of sp³-hybridized carbons (Fsp3) is 0.182. The van der Waals surface area contributed by atoms with Gasteiger partial charge in [0.05, 0.1) is 5.52 Å². The number of nitrogens with zero attached hydrogens (tertiary/aromatic N) is 1. The molecular weight excluding hydrogens is 299 g/mol. The summed E-state index contributed by atoms with van der Waals surface area (Å²) in [6.45, 7) is -1.11. The molecule has 2 rings (SSSR count). The van der Waals surface area contributed by atoms with Gasteiger partial charge in [0.1, 0.15) is 6.54 Å². The largest absolute Gasteiger partial charge is 0.406 e. The summed E-state index contributed by atoms with van der Waals surface area (Å²) in [7, 11) is 0. The zero-order chi connectivity index (χ0) is 12.6. The van der Waals surface area contributed by atoms with E-state index in [4.69, 9.17) is 0 Å². The first-order valence-electron chi connectivity index (χ1n) is 4.72. The molecule has 17 heavy (non-hydrogen) atoms. The fourth-order valence-electron chi connectivity index (χ4n) is 1.61. The predicted molar refractivity (Wildman–Crippen MR) is 62.0 cm³/mol. The molecule has 0 radical (unpaired) electrons. The van der Waals surface area contributed by atoms with Gasteiger partial charge in [-0.3, -0.25) is 4.79 Å². The summed E-state index contributed by atoms with van der Waals surface area (Å²) in [5, 5.41) is 0.270. The minimum absolute atomic E-state index is 0.270. The van der Waals surface area contributed by atoms with Gasteiger partial charge >= 0.3 is 6.18 Å². The first-order chi connectivity index (χ1) is 7.87. The molecule has 2 nitrogen and oxygen atoms in total. The van der Waals surface area contributed by atoms with Crippen LogP contribution in [-0.4, -0.2) is 10.7 Å². The lowest BCUT2D eigenvalue weighted by atomic mass is 10.2. The molecule has 0 aliphatic heterocycles. The van der Waals surface area contributed by atoms with Gasteiger partial charge in [-0.15, -0.1) is 0 Å². The van der Waals surface area contributed by atoms with E-state index in [1.54, 1.807) is 6.07 Å². The SMILES string of the molecule is O=c1ccn(CC(F)(F)F)c2ccc(Br)cc12. The van der Waals surface area contributed by atoms with Crippen molar-refractivity contribution < 1.29 is 13.2 Å². The molecule has 0 atom stereocenters. The highest BCUT2D eigenvalue weighted by Crippen LogP contribution is 2.22. The molecular formula is C11H7BrF3NO. The van der Waals surface area contributed by atoms with Gasteiger partial charge in [-0.1, -0.05) is 15.9 Å². The third-order valence-electron chi connectivity index (χ3n) is 2.29. The van der Waals surface area contributed by atoms with Gasteiger partial charge in [0.15, 0.2) is 5.43 Å². The summed E-state index contributed by atoms with van der Waals surface area (Å²) in [4.78, 5) is 11.5. The summed E-state index contributed by atoms with van der Waals surface area (Å²) in [5.74, 6) is 0. The van der Waals surface area contributed by atoms with Crippen LogP contribution in [0, 0.1) is 0 Å². The summed E-state index contributed by atoms with van der Waals surface area (Å²) in [6, 6.07) is 5.76. The van der Waals surface area contributed by atoms with Crippen LogP contribution in [0.2, 0.25) is 0 Å². The molecule has 0 N–H and O–H groups in total. The van der Waals surface area contributed by atoms with Crippen molar-refractivity contribution in [2.75, 3.05) is 0 Å². The van der Waals surface area contributed by atoms with Gasteiger partial charge in [-0.2, -0.15) is 13.2 Å². The van der Waals surface area contributed by atoms with Crippen molar-refractivity contribution in [3.8, 4) is 0 Å². The Hall–Kier alpha value is -1.30. The Labute approximate surface area is 103 Å². The van der Waals surface area contributed by atoms with Gasteiger partial charge in [-0.05, 0) is 18.2 Å². The molecule has 1 heterocycles. The number of rotatable bonds is 1. The molecule has 0 fully saturated rings. The standard InChI is InChI=1S/C11H7BrF3NO/c12-7-1-2-9-8(5-7)10(17)3-4-16(9)6-11(13,14)15/h1-5H,6H2. The van der Waals surface area contributed by atoms with Crippen LogP contribution in [-0.2, 0) is 6.54 Å². The molecule has 1 aromatic carbocycles. The molecule has 90 valence electrons. The third kappa shape index (κ3) is 2.69. The van der Waals surface area contributed by atoms with Crippen LogP contribution in [0.4, 0.5) is 13.2 Å². The lowest BCUT2D eigenvalue weighted by molar-refractivity contribution is -0.139. The second-order valence-corrected chi connectivity index (χ2v) is 4.50. The van der Waals surface area contributed by atoms with Gasteiger partial charge in [0.25, 0.3) is 0 Å².